The smallest absolute Gasteiger partial charge is 0.268 e. The highest BCUT2D eigenvalue weighted by molar-refractivity contribution is 6.06. The lowest BCUT2D eigenvalue weighted by molar-refractivity contribution is -0.124. The second kappa shape index (κ2) is 10.2. The number of aromatic amines is 1. The van der Waals surface area contributed by atoms with E-state index in [0.717, 1.165) is 35.7 Å². The molecule has 38 heavy (non-hydrogen) atoms. The molecule has 0 bridgehead atoms. The normalized spacial score (nSPS) is 19.7. The van der Waals surface area contributed by atoms with E-state index in [1.54, 1.807) is 20.1 Å². The lowest BCUT2D eigenvalue weighted by Gasteiger charge is -2.26. The number of benzene rings is 2. The average molecular weight is 514 g/mol. The molecule has 2 heterocycles. The topological polar surface area (TPSA) is 136 Å². The molecule has 0 unspecified atom stereocenters. The van der Waals surface area contributed by atoms with Gasteiger partial charge in [0.2, 0.25) is 11.8 Å². The maximum atomic E-state index is 13.4. The van der Waals surface area contributed by atoms with Crippen molar-refractivity contribution >= 4 is 34.3 Å². The fourth-order valence-electron chi connectivity index (χ4n) is 5.21. The van der Waals surface area contributed by atoms with Crippen LogP contribution in [0.25, 0.3) is 10.9 Å². The van der Waals surface area contributed by atoms with E-state index in [0.29, 0.717) is 29.5 Å². The zero-order chi connectivity index (χ0) is 26.9. The second-order valence-corrected chi connectivity index (χ2v) is 10.4. The van der Waals surface area contributed by atoms with Gasteiger partial charge in [0.25, 0.3) is 5.91 Å². The van der Waals surface area contributed by atoms with Crippen molar-refractivity contribution in [1.82, 2.24) is 15.6 Å². The molecule has 0 radical (unpaired) electrons. The number of amides is 3. The minimum Gasteiger partial charge on any atom is -0.496 e. The third kappa shape index (κ3) is 4.94. The molecule has 1 aliphatic heterocycles. The van der Waals surface area contributed by atoms with Crippen molar-refractivity contribution in [2.45, 2.75) is 56.5 Å². The first-order valence-electron chi connectivity index (χ1n) is 12.9. The summed E-state index contributed by atoms with van der Waals surface area (Å²) in [6.45, 7) is 1.78. The maximum Gasteiger partial charge on any atom is 0.268 e. The van der Waals surface area contributed by atoms with Gasteiger partial charge in [-0.05, 0) is 61.9 Å². The van der Waals surface area contributed by atoms with Gasteiger partial charge in [-0.1, -0.05) is 37.1 Å². The molecule has 1 saturated carbocycles. The van der Waals surface area contributed by atoms with E-state index in [1.165, 1.54) is 0 Å². The molecular weight excluding hydrogens is 482 g/mol. The van der Waals surface area contributed by atoms with Crippen LogP contribution in [0.5, 0.6) is 5.75 Å². The van der Waals surface area contributed by atoms with E-state index in [1.807, 2.05) is 42.5 Å². The number of hydrogen-bond acceptors (Lipinski definition) is 5. The zero-order valence-corrected chi connectivity index (χ0v) is 21.5. The molecule has 2 aromatic carbocycles. The lowest BCUT2D eigenvalue weighted by atomic mass is 9.78. The van der Waals surface area contributed by atoms with Crippen molar-refractivity contribution in [3.05, 3.63) is 59.8 Å². The number of ether oxygens (including phenoxy) is 1. The van der Waals surface area contributed by atoms with Crippen LogP contribution < -0.4 is 20.7 Å². The van der Waals surface area contributed by atoms with E-state index in [9.17, 15) is 19.6 Å². The van der Waals surface area contributed by atoms with E-state index in [-0.39, 0.29) is 12.3 Å². The molecule has 3 amide bonds. The van der Waals surface area contributed by atoms with Gasteiger partial charge in [-0.15, -0.1) is 0 Å². The van der Waals surface area contributed by atoms with E-state index in [2.05, 4.69) is 27.0 Å². The largest absolute Gasteiger partial charge is 0.496 e. The van der Waals surface area contributed by atoms with Crippen molar-refractivity contribution in [3.63, 3.8) is 0 Å². The van der Waals surface area contributed by atoms with Crippen LogP contribution in [0.15, 0.2) is 48.5 Å². The monoisotopic (exact) mass is 513 g/mol. The number of nitrogens with zero attached hydrogens (tertiary/aromatic N) is 1. The van der Waals surface area contributed by atoms with Gasteiger partial charge in [0.05, 0.1) is 18.6 Å². The number of H-pyrrole nitrogens is 1. The Morgan fingerprint density at radius 1 is 1.18 bits per heavy atom. The number of methoxy groups -OCH3 is 1. The first-order chi connectivity index (χ1) is 18.3. The molecule has 3 aromatic rings. The number of aromatic nitrogens is 1. The summed E-state index contributed by atoms with van der Waals surface area (Å²) in [4.78, 5) is 42.5. The standard InChI is InChI=1S/C29H31N5O4/c1-29(20-6-3-4-7-22(20)34-28(29)37)15-18(16-30)31-26(35)23(13-12-17-10-11-17)33-27(36)24-14-19-21(32-24)8-5-9-25(19)38-2/h3-9,14,17-18,23,32H,10-13,15H2,1-2H3,(H,31,35)(H,33,36)(H,34,37)/t18-,23-,29+/m0/s1. The lowest BCUT2D eigenvalue weighted by Crippen LogP contribution is -2.51. The minimum absolute atomic E-state index is 0.114. The number of rotatable bonds is 10. The third-order valence-electron chi connectivity index (χ3n) is 7.63. The summed E-state index contributed by atoms with van der Waals surface area (Å²) in [6, 6.07) is 15.0. The third-order valence-corrected chi connectivity index (χ3v) is 7.63. The van der Waals surface area contributed by atoms with Gasteiger partial charge in [0.15, 0.2) is 0 Å². The summed E-state index contributed by atoms with van der Waals surface area (Å²) in [5.41, 5.74) is 1.62. The fourth-order valence-corrected chi connectivity index (χ4v) is 5.21. The van der Waals surface area contributed by atoms with Gasteiger partial charge < -0.3 is 25.7 Å². The Labute approximate surface area is 220 Å². The summed E-state index contributed by atoms with van der Waals surface area (Å²) in [5, 5.41) is 19.2. The Bertz CT molecular complexity index is 1440. The van der Waals surface area contributed by atoms with Crippen molar-refractivity contribution in [1.29, 1.82) is 5.26 Å². The second-order valence-electron chi connectivity index (χ2n) is 10.4. The number of anilines is 1. The number of nitrogens with one attached hydrogen (secondary N) is 4. The summed E-state index contributed by atoms with van der Waals surface area (Å²) in [7, 11) is 1.57. The number of nitriles is 1. The number of hydrogen-bond donors (Lipinski definition) is 4. The minimum atomic E-state index is -0.958. The molecule has 1 fully saturated rings. The highest BCUT2D eigenvalue weighted by Crippen LogP contribution is 2.40. The number of carbonyl (C=O) groups excluding carboxylic acids is 3. The first-order valence-corrected chi connectivity index (χ1v) is 12.9. The Hall–Kier alpha value is -4.32. The van der Waals surface area contributed by atoms with Crippen molar-refractivity contribution in [2.24, 2.45) is 5.92 Å². The van der Waals surface area contributed by atoms with Gasteiger partial charge in [-0.3, -0.25) is 14.4 Å². The van der Waals surface area contributed by atoms with Crippen LogP contribution in [0.4, 0.5) is 5.69 Å². The van der Waals surface area contributed by atoms with Crippen LogP contribution in [-0.2, 0) is 15.0 Å². The van der Waals surface area contributed by atoms with Crippen LogP contribution in [0.3, 0.4) is 0 Å². The van der Waals surface area contributed by atoms with Crippen molar-refractivity contribution < 1.29 is 19.1 Å². The zero-order valence-electron chi connectivity index (χ0n) is 21.5. The molecule has 9 nitrogen and oxygen atoms in total. The van der Waals surface area contributed by atoms with Crippen LogP contribution in [0.2, 0.25) is 0 Å². The van der Waals surface area contributed by atoms with Gasteiger partial charge in [0.1, 0.15) is 23.5 Å². The van der Waals surface area contributed by atoms with E-state index < -0.39 is 29.3 Å². The molecule has 9 heteroatoms. The summed E-state index contributed by atoms with van der Waals surface area (Å²) in [6.07, 6.45) is 3.63. The van der Waals surface area contributed by atoms with Gasteiger partial charge in [-0.25, -0.2) is 0 Å². The fraction of sp³-hybridized carbons (Fsp3) is 0.379. The van der Waals surface area contributed by atoms with Crippen LogP contribution in [0, 0.1) is 17.2 Å². The molecule has 196 valence electrons. The Morgan fingerprint density at radius 3 is 2.71 bits per heavy atom. The van der Waals surface area contributed by atoms with Gasteiger partial charge >= 0.3 is 0 Å². The summed E-state index contributed by atoms with van der Waals surface area (Å²) in [5.74, 6) is 0.145. The number of carbonyl (C=O) groups is 3. The average Bonchev–Trinajstić information content (AvgIpc) is 3.58. The van der Waals surface area contributed by atoms with Crippen molar-refractivity contribution in [2.75, 3.05) is 12.4 Å². The molecule has 4 N–H and O–H groups in total. The van der Waals surface area contributed by atoms with Gasteiger partial charge in [-0.2, -0.15) is 5.26 Å². The SMILES string of the molecule is COc1cccc2[nH]c(C(=O)N[C@@H](CCC3CC3)C(=O)N[C@H](C#N)C[C@@]3(C)C(=O)Nc4ccccc43)cc12. The summed E-state index contributed by atoms with van der Waals surface area (Å²) < 4.78 is 5.39. The molecule has 1 aliphatic carbocycles. The molecule has 5 rings (SSSR count). The quantitative estimate of drug-likeness (QED) is 0.327. The molecule has 0 spiro atoms. The molecule has 3 atom stereocenters. The molecule has 2 aliphatic rings. The molecular formula is C29H31N5O4. The number of fused-ring (bicyclic) bond motifs is 2. The Morgan fingerprint density at radius 2 is 1.97 bits per heavy atom. The molecule has 1 aromatic heterocycles. The first kappa shape index (κ1) is 25.3. The predicted octanol–water partition coefficient (Wildman–Crippen LogP) is 3.77. The van der Waals surface area contributed by atoms with Crippen LogP contribution in [-0.4, -0.2) is 41.9 Å². The molecule has 0 saturated heterocycles. The highest BCUT2D eigenvalue weighted by Gasteiger charge is 2.44. The predicted molar refractivity (Wildman–Crippen MR) is 143 cm³/mol. The highest BCUT2D eigenvalue weighted by atomic mass is 16.5. The van der Waals surface area contributed by atoms with Gasteiger partial charge in [0, 0.05) is 16.6 Å². The van der Waals surface area contributed by atoms with Crippen LogP contribution >= 0.6 is 0 Å². The summed E-state index contributed by atoms with van der Waals surface area (Å²) >= 11 is 0. The number of para-hydroxylation sites is 1. The van der Waals surface area contributed by atoms with Crippen molar-refractivity contribution in [3.8, 4) is 11.8 Å². The van der Waals surface area contributed by atoms with Crippen LogP contribution in [0.1, 0.15) is 55.1 Å². The maximum absolute atomic E-state index is 13.4. The Balaban J connectivity index is 1.31. The van der Waals surface area contributed by atoms with E-state index in [4.69, 9.17) is 4.74 Å². The Kier molecular flexibility index (Phi) is 6.81. The van der Waals surface area contributed by atoms with E-state index >= 15 is 0 Å².